The molecule has 16 rings (SSSR count). The van der Waals surface area contributed by atoms with Gasteiger partial charge in [0.2, 0.25) is 0 Å². The van der Waals surface area contributed by atoms with Crippen molar-refractivity contribution in [1.29, 1.82) is 0 Å². The summed E-state index contributed by atoms with van der Waals surface area (Å²) in [5, 5.41) is 0. The third kappa shape index (κ3) is 20.8. The lowest BCUT2D eigenvalue weighted by molar-refractivity contribution is 0.992. The van der Waals surface area contributed by atoms with Crippen LogP contribution in [-0.2, 0) is 0 Å². The predicted octanol–water partition coefficient (Wildman–Crippen LogP) is 20.8. The van der Waals surface area contributed by atoms with Crippen LogP contribution in [0.25, 0.3) is 113 Å². The molecule has 0 bridgehead atoms. The summed E-state index contributed by atoms with van der Waals surface area (Å²) in [5.41, 5.74) is 23.2. The summed E-state index contributed by atoms with van der Waals surface area (Å²) in [6.45, 7) is 12.0. The van der Waals surface area contributed by atoms with Crippen molar-refractivity contribution in [3.05, 3.63) is 381 Å². The molecule has 0 fully saturated rings. The fourth-order valence-electron chi connectivity index (χ4n) is 10.7. The summed E-state index contributed by atoms with van der Waals surface area (Å²) in [4.78, 5) is 56.9. The average Bonchev–Trinajstić information content (AvgIpc) is 0.847. The zero-order valence-corrected chi connectivity index (χ0v) is 57.7. The fraction of sp³-hybridized carbons (Fsp3) is 0.0674. The molecule has 16 aromatic rings. The van der Waals surface area contributed by atoms with Crippen molar-refractivity contribution in [3.63, 3.8) is 0 Å². The Labute approximate surface area is 596 Å². The van der Waals surface area contributed by atoms with E-state index in [4.69, 9.17) is 0 Å². The molecule has 0 atom stereocenters. The van der Waals surface area contributed by atoms with Gasteiger partial charge in [-0.3, -0.25) is 39.9 Å². The van der Waals surface area contributed by atoms with Crippen LogP contribution < -0.4 is 0 Å². The van der Waals surface area contributed by atoms with Crippen molar-refractivity contribution in [2.75, 3.05) is 0 Å². The largest absolute Gasteiger partial charge is 0.264 e. The van der Waals surface area contributed by atoms with Gasteiger partial charge >= 0.3 is 0 Å². The number of benzene rings is 6. The van der Waals surface area contributed by atoms with E-state index in [1.54, 1.807) is 18.6 Å². The van der Waals surface area contributed by atoms with Gasteiger partial charge in [0.1, 0.15) is 11.6 Å². The van der Waals surface area contributed by atoms with E-state index in [1.165, 1.54) is 16.7 Å². The quantitative estimate of drug-likeness (QED) is 0.127. The van der Waals surface area contributed by atoms with E-state index in [0.29, 0.717) is 11.6 Å². The number of pyridine rings is 8. The van der Waals surface area contributed by atoms with E-state index >= 15 is 0 Å². The van der Waals surface area contributed by atoms with Crippen LogP contribution in [0.5, 0.6) is 0 Å². The van der Waals surface area contributed by atoms with Crippen molar-refractivity contribution in [2.45, 2.75) is 41.5 Å². The summed E-state index contributed by atoms with van der Waals surface area (Å²) < 4.78 is 0. The third-order valence-electron chi connectivity index (χ3n) is 15.5. The molecular weight excluding hydrogens is 1250 g/mol. The Morgan fingerprint density at radius 1 is 0.186 bits per heavy atom. The SMILES string of the molecule is Cc1cc(-c2ccccn2)cc(-c2ccccn2)c1.Cc1cc(-c2cccnc2)cc(-c2ccccn2)c1.Cc1cccc(-c2ccccn2)n1.Cc1cccc(-c2cccnc2)n1.Cc1nc(-c2ccccc2)cc(-c2ccccc2)n1.Cc1nc(-c2ccccc2)nc(-c2ccccc2)n1. The summed E-state index contributed by atoms with van der Waals surface area (Å²) in [7, 11) is 0. The zero-order chi connectivity index (χ0) is 70.5. The number of aryl methyl sites for hydroxylation is 6. The maximum Gasteiger partial charge on any atom is 0.163 e. The van der Waals surface area contributed by atoms with E-state index in [1.807, 2.05) is 289 Å². The second-order valence-corrected chi connectivity index (χ2v) is 23.5. The summed E-state index contributed by atoms with van der Waals surface area (Å²) >= 11 is 0. The molecule has 0 amide bonds. The van der Waals surface area contributed by atoms with Gasteiger partial charge in [0.25, 0.3) is 0 Å². The van der Waals surface area contributed by atoms with E-state index in [9.17, 15) is 0 Å². The number of hydrogen-bond acceptors (Lipinski definition) is 13. The maximum atomic E-state index is 4.55. The topological polar surface area (TPSA) is 168 Å². The monoisotopic (exact) mass is 1330 g/mol. The molecule has 0 aliphatic carbocycles. The lowest BCUT2D eigenvalue weighted by Crippen LogP contribution is -1.99. The van der Waals surface area contributed by atoms with Gasteiger partial charge in [-0.1, -0.05) is 170 Å². The molecule has 0 saturated carbocycles. The van der Waals surface area contributed by atoms with Crippen LogP contribution in [0.2, 0.25) is 0 Å². The van der Waals surface area contributed by atoms with E-state index in [-0.39, 0.29) is 0 Å². The highest BCUT2D eigenvalue weighted by atomic mass is 15.0. The molecule has 496 valence electrons. The van der Waals surface area contributed by atoms with Crippen LogP contribution in [0, 0.1) is 41.5 Å². The first-order chi connectivity index (χ1) is 50.0. The fourth-order valence-corrected chi connectivity index (χ4v) is 10.7. The Morgan fingerprint density at radius 2 is 0.529 bits per heavy atom. The molecule has 102 heavy (non-hydrogen) atoms. The molecule has 10 aromatic heterocycles. The number of rotatable bonds is 10. The smallest absolute Gasteiger partial charge is 0.163 e. The number of hydrogen-bond donors (Lipinski definition) is 0. The first kappa shape index (κ1) is 69.9. The number of aromatic nitrogens is 13. The van der Waals surface area contributed by atoms with Crippen molar-refractivity contribution in [1.82, 2.24) is 64.8 Å². The second kappa shape index (κ2) is 36.3. The van der Waals surface area contributed by atoms with Gasteiger partial charge in [0.05, 0.1) is 45.6 Å². The van der Waals surface area contributed by atoms with Crippen LogP contribution in [0.4, 0.5) is 0 Å². The van der Waals surface area contributed by atoms with Crippen LogP contribution in [0.15, 0.2) is 347 Å². The molecular formula is C89H75N13. The molecule has 0 spiro atoms. The Hall–Kier alpha value is -13.4. The second-order valence-electron chi connectivity index (χ2n) is 23.5. The standard InChI is InChI=1S/3C17H14N2.C16H13N3.2C11H10N2/c1-13-10-14(16-6-2-4-8-18-16)12-15(11-13)17-7-3-5-9-19-17;1-13-18-16(14-8-4-2-5-9-14)12-17(19-13)15-10-6-3-7-11-15;1-13-9-15(14-5-4-7-18-12-14)11-16(10-13)17-6-2-3-8-19-17;1-12-17-15(13-8-4-2-5-9-13)19-16(18-12)14-10-6-3-7-11-14;1-9-4-2-6-11(13-9)10-5-3-7-12-8-10;1-9-5-4-7-11(13-9)10-6-2-3-8-12-10/h3*2-12H,1H3;2-11H,1H3;2*2-8H,1H3. The normalized spacial score (nSPS) is 10.3. The van der Waals surface area contributed by atoms with E-state index in [0.717, 1.165) is 119 Å². The van der Waals surface area contributed by atoms with Gasteiger partial charge in [0.15, 0.2) is 11.6 Å². The summed E-state index contributed by atoms with van der Waals surface area (Å²) in [5.74, 6) is 2.95. The van der Waals surface area contributed by atoms with Crippen molar-refractivity contribution in [3.8, 4) is 113 Å². The lowest BCUT2D eigenvalue weighted by atomic mass is 10.00. The molecule has 0 aliphatic rings. The summed E-state index contributed by atoms with van der Waals surface area (Å²) in [6.07, 6.45) is 14.5. The molecule has 10 heterocycles. The predicted molar refractivity (Wildman–Crippen MR) is 413 cm³/mol. The molecule has 0 unspecified atom stereocenters. The Morgan fingerprint density at radius 3 is 0.931 bits per heavy atom. The first-order valence-electron chi connectivity index (χ1n) is 33.4. The first-order valence-corrected chi connectivity index (χ1v) is 33.4. The summed E-state index contributed by atoms with van der Waals surface area (Å²) in [6, 6.07) is 98.8. The highest BCUT2D eigenvalue weighted by molar-refractivity contribution is 5.74. The van der Waals surface area contributed by atoms with Crippen molar-refractivity contribution >= 4 is 0 Å². The van der Waals surface area contributed by atoms with Gasteiger partial charge in [-0.2, -0.15) is 0 Å². The average molecular weight is 1330 g/mol. The lowest BCUT2D eigenvalue weighted by Gasteiger charge is -2.07. The number of nitrogens with zero attached hydrogens (tertiary/aromatic N) is 13. The minimum atomic E-state index is 0.715. The molecule has 0 radical (unpaired) electrons. The van der Waals surface area contributed by atoms with Gasteiger partial charge in [-0.05, 0) is 186 Å². The minimum absolute atomic E-state index is 0.715. The van der Waals surface area contributed by atoms with Gasteiger partial charge in [-0.25, -0.2) is 24.9 Å². The molecule has 13 nitrogen and oxygen atoms in total. The highest BCUT2D eigenvalue weighted by Crippen LogP contribution is 2.29. The van der Waals surface area contributed by atoms with Crippen LogP contribution >= 0.6 is 0 Å². The zero-order valence-electron chi connectivity index (χ0n) is 57.7. The van der Waals surface area contributed by atoms with Gasteiger partial charge in [-0.15, -0.1) is 0 Å². The van der Waals surface area contributed by atoms with Gasteiger partial charge in [0, 0.05) is 111 Å². The maximum absolute atomic E-state index is 4.55. The van der Waals surface area contributed by atoms with E-state index in [2.05, 4.69) is 145 Å². The van der Waals surface area contributed by atoms with Gasteiger partial charge < -0.3 is 0 Å². The molecule has 6 aromatic carbocycles. The molecule has 0 aliphatic heterocycles. The van der Waals surface area contributed by atoms with Crippen LogP contribution in [0.3, 0.4) is 0 Å². The van der Waals surface area contributed by atoms with Crippen molar-refractivity contribution in [2.24, 2.45) is 0 Å². The molecule has 13 heteroatoms. The Kier molecular flexibility index (Phi) is 24.9. The Bertz CT molecular complexity index is 4380. The van der Waals surface area contributed by atoms with Crippen molar-refractivity contribution < 1.29 is 0 Å². The molecule has 0 N–H and O–H groups in total. The third-order valence-corrected chi connectivity index (χ3v) is 15.5. The highest BCUT2D eigenvalue weighted by Gasteiger charge is 2.11. The van der Waals surface area contributed by atoms with Crippen LogP contribution in [0.1, 0.15) is 34.2 Å². The minimum Gasteiger partial charge on any atom is -0.264 e. The van der Waals surface area contributed by atoms with E-state index < -0.39 is 0 Å². The molecule has 0 saturated heterocycles. The van der Waals surface area contributed by atoms with Crippen LogP contribution in [-0.4, -0.2) is 64.8 Å². The Balaban J connectivity index is 0.000000124.